The highest BCUT2D eigenvalue weighted by Gasteiger charge is 2.17. The quantitative estimate of drug-likeness (QED) is 0.288. The van der Waals surface area contributed by atoms with E-state index in [0.717, 1.165) is 55.7 Å². The molecule has 0 atom stereocenters. The minimum Gasteiger partial charge on any atom is -0.456 e. The number of hydrogen-bond acceptors (Lipinski definition) is 2. The Morgan fingerprint density at radius 1 is 0.400 bits per heavy atom. The van der Waals surface area contributed by atoms with E-state index in [1.807, 2.05) is 60.7 Å². The predicted molar refractivity (Wildman–Crippen MR) is 124 cm³/mol. The Morgan fingerprint density at radius 2 is 0.700 bits per heavy atom. The zero-order valence-corrected chi connectivity index (χ0v) is 17.1. The van der Waals surface area contributed by atoms with Crippen molar-refractivity contribution >= 4 is 21.5 Å². The van der Waals surface area contributed by atoms with Crippen LogP contribution in [0.1, 0.15) is 11.1 Å². The fourth-order valence-electron chi connectivity index (χ4n) is 3.83. The molecule has 0 aliphatic rings. The van der Waals surface area contributed by atoms with Crippen LogP contribution in [-0.2, 0) is 0 Å². The number of para-hydroxylation sites is 2. The van der Waals surface area contributed by atoms with E-state index in [0.29, 0.717) is 0 Å². The van der Waals surface area contributed by atoms with Crippen LogP contribution in [0.15, 0.2) is 97.1 Å². The molecule has 5 aromatic rings. The van der Waals surface area contributed by atoms with Crippen molar-refractivity contribution in [3.8, 4) is 23.0 Å². The normalized spacial score (nSPS) is 11.0. The fraction of sp³-hybridized carbons (Fsp3) is 0.0714. The summed E-state index contributed by atoms with van der Waals surface area (Å²) in [5.41, 5.74) is 2.21. The van der Waals surface area contributed by atoms with Gasteiger partial charge in [0.2, 0.25) is 0 Å². The molecular weight excluding hydrogens is 368 g/mol. The van der Waals surface area contributed by atoms with Crippen LogP contribution in [0.25, 0.3) is 21.5 Å². The van der Waals surface area contributed by atoms with Crippen LogP contribution in [-0.4, -0.2) is 0 Å². The molecule has 5 aromatic carbocycles. The van der Waals surface area contributed by atoms with Crippen molar-refractivity contribution in [2.75, 3.05) is 0 Å². The van der Waals surface area contributed by atoms with Crippen molar-refractivity contribution in [2.24, 2.45) is 0 Å². The maximum absolute atomic E-state index is 6.51. The van der Waals surface area contributed by atoms with Gasteiger partial charge in [-0.25, -0.2) is 0 Å². The summed E-state index contributed by atoms with van der Waals surface area (Å²) < 4.78 is 13.0. The highest BCUT2D eigenvalue weighted by molar-refractivity contribution is 6.11. The number of fused-ring (bicyclic) bond motifs is 2. The van der Waals surface area contributed by atoms with Crippen LogP contribution in [0.3, 0.4) is 0 Å². The second kappa shape index (κ2) is 7.57. The molecule has 0 radical (unpaired) electrons. The van der Waals surface area contributed by atoms with Gasteiger partial charge in [-0.2, -0.15) is 0 Å². The van der Waals surface area contributed by atoms with E-state index in [-0.39, 0.29) is 0 Å². The topological polar surface area (TPSA) is 18.5 Å². The average molecular weight is 390 g/mol. The Morgan fingerprint density at radius 3 is 1.03 bits per heavy atom. The van der Waals surface area contributed by atoms with Gasteiger partial charge in [0.15, 0.2) is 0 Å². The summed E-state index contributed by atoms with van der Waals surface area (Å²) in [5, 5.41) is 4.12. The predicted octanol–water partition coefficient (Wildman–Crippen LogP) is 8.19. The summed E-state index contributed by atoms with van der Waals surface area (Å²) in [4.78, 5) is 0. The monoisotopic (exact) mass is 390 g/mol. The Labute approximate surface area is 176 Å². The third-order valence-corrected chi connectivity index (χ3v) is 5.44. The molecule has 2 nitrogen and oxygen atoms in total. The maximum Gasteiger partial charge on any atom is 0.143 e. The summed E-state index contributed by atoms with van der Waals surface area (Å²) in [5.74, 6) is 3.43. The molecule has 0 aliphatic heterocycles. The molecule has 0 amide bonds. The molecule has 0 saturated carbocycles. The van der Waals surface area contributed by atoms with Gasteiger partial charge in [0.05, 0.1) is 0 Å². The van der Waals surface area contributed by atoms with Gasteiger partial charge in [-0.3, -0.25) is 0 Å². The highest BCUT2D eigenvalue weighted by atomic mass is 16.5. The third kappa shape index (κ3) is 3.17. The average Bonchev–Trinajstić information content (AvgIpc) is 2.78. The van der Waals surface area contributed by atoms with Gasteiger partial charge in [0, 0.05) is 21.5 Å². The van der Waals surface area contributed by atoms with Crippen LogP contribution in [0.2, 0.25) is 0 Å². The lowest BCUT2D eigenvalue weighted by atomic mass is 10.0. The minimum atomic E-state index is 0.854. The maximum atomic E-state index is 6.51. The lowest BCUT2D eigenvalue weighted by molar-refractivity contribution is 0.482. The van der Waals surface area contributed by atoms with Gasteiger partial charge in [-0.15, -0.1) is 0 Å². The number of ether oxygens (including phenoxy) is 2. The molecule has 30 heavy (non-hydrogen) atoms. The molecule has 0 saturated heterocycles. The van der Waals surface area contributed by atoms with Crippen molar-refractivity contribution in [2.45, 2.75) is 13.8 Å². The van der Waals surface area contributed by atoms with Gasteiger partial charge in [0.25, 0.3) is 0 Å². The third-order valence-electron chi connectivity index (χ3n) is 5.44. The largest absolute Gasteiger partial charge is 0.456 e. The Hall–Kier alpha value is -3.78. The first-order chi connectivity index (χ1) is 14.7. The Balaban J connectivity index is 1.78. The molecule has 0 aromatic heterocycles. The van der Waals surface area contributed by atoms with E-state index in [1.54, 1.807) is 0 Å². The Bertz CT molecular complexity index is 1210. The van der Waals surface area contributed by atoms with Gasteiger partial charge in [-0.05, 0) is 37.1 Å². The zero-order chi connectivity index (χ0) is 20.5. The molecule has 2 heteroatoms. The standard InChI is InChI=1S/C28H22O2/c1-19-11-3-9-17-25(19)29-27-21-13-5-7-15-23(21)28(24-16-8-6-14-22(24)27)30-26-18-10-4-12-20(26)2/h3-18H,1-2H3. The van der Waals surface area contributed by atoms with Crippen LogP contribution in [0, 0.1) is 13.8 Å². The van der Waals surface area contributed by atoms with Crippen molar-refractivity contribution in [3.63, 3.8) is 0 Å². The van der Waals surface area contributed by atoms with Crippen LogP contribution in [0.4, 0.5) is 0 Å². The van der Waals surface area contributed by atoms with Crippen LogP contribution >= 0.6 is 0 Å². The van der Waals surface area contributed by atoms with Gasteiger partial charge in [-0.1, -0.05) is 84.9 Å². The van der Waals surface area contributed by atoms with E-state index in [9.17, 15) is 0 Å². The highest BCUT2D eigenvalue weighted by Crippen LogP contribution is 2.46. The fourth-order valence-corrected chi connectivity index (χ4v) is 3.83. The van der Waals surface area contributed by atoms with E-state index in [2.05, 4.69) is 50.2 Å². The van der Waals surface area contributed by atoms with Crippen LogP contribution in [0.5, 0.6) is 23.0 Å². The van der Waals surface area contributed by atoms with E-state index >= 15 is 0 Å². The molecule has 5 rings (SSSR count). The summed E-state index contributed by atoms with van der Waals surface area (Å²) in [6, 6.07) is 32.8. The summed E-state index contributed by atoms with van der Waals surface area (Å²) in [7, 11) is 0. The second-order valence-corrected chi connectivity index (χ2v) is 7.48. The molecule has 0 fully saturated rings. The molecule has 0 aliphatic carbocycles. The first-order valence-electron chi connectivity index (χ1n) is 10.1. The first kappa shape index (κ1) is 18.3. The van der Waals surface area contributed by atoms with Crippen molar-refractivity contribution in [3.05, 3.63) is 108 Å². The van der Waals surface area contributed by atoms with Crippen molar-refractivity contribution in [1.82, 2.24) is 0 Å². The SMILES string of the molecule is Cc1ccccc1Oc1c2ccccc2c(Oc2ccccc2C)c2ccccc12. The molecular formula is C28H22O2. The lowest BCUT2D eigenvalue weighted by Crippen LogP contribution is -1.94. The molecule has 146 valence electrons. The number of rotatable bonds is 4. The number of hydrogen-bond donors (Lipinski definition) is 0. The number of benzene rings is 5. The zero-order valence-electron chi connectivity index (χ0n) is 17.1. The lowest BCUT2D eigenvalue weighted by Gasteiger charge is -2.18. The van der Waals surface area contributed by atoms with E-state index in [4.69, 9.17) is 9.47 Å². The van der Waals surface area contributed by atoms with Crippen LogP contribution < -0.4 is 9.47 Å². The van der Waals surface area contributed by atoms with E-state index in [1.165, 1.54) is 0 Å². The van der Waals surface area contributed by atoms with Gasteiger partial charge < -0.3 is 9.47 Å². The van der Waals surface area contributed by atoms with Gasteiger partial charge in [0.1, 0.15) is 23.0 Å². The molecule has 0 spiro atoms. The number of aryl methyl sites for hydroxylation is 2. The van der Waals surface area contributed by atoms with Crippen molar-refractivity contribution in [1.29, 1.82) is 0 Å². The molecule has 0 bridgehead atoms. The molecule has 0 heterocycles. The molecule has 0 N–H and O–H groups in total. The van der Waals surface area contributed by atoms with Crippen molar-refractivity contribution < 1.29 is 9.47 Å². The Kier molecular flexibility index (Phi) is 4.61. The second-order valence-electron chi connectivity index (χ2n) is 7.48. The first-order valence-corrected chi connectivity index (χ1v) is 10.1. The summed E-state index contributed by atoms with van der Waals surface area (Å²) >= 11 is 0. The minimum absolute atomic E-state index is 0.854. The molecule has 0 unspecified atom stereocenters. The summed E-state index contributed by atoms with van der Waals surface area (Å²) in [6.45, 7) is 4.13. The smallest absolute Gasteiger partial charge is 0.143 e. The summed E-state index contributed by atoms with van der Waals surface area (Å²) in [6.07, 6.45) is 0. The van der Waals surface area contributed by atoms with E-state index < -0.39 is 0 Å². The van der Waals surface area contributed by atoms with Gasteiger partial charge >= 0.3 is 0 Å².